The smallest absolute Gasteiger partial charge is 0.283 e. The molecule has 2 amide bonds. The Morgan fingerprint density at radius 2 is 1.90 bits per heavy atom. The van der Waals surface area contributed by atoms with Crippen molar-refractivity contribution in [3.05, 3.63) is 92.2 Å². The molecular weight excluding hydrogens is 410 g/mol. The number of nitro groups is 1. The van der Waals surface area contributed by atoms with Crippen molar-refractivity contribution in [1.29, 1.82) is 0 Å². The summed E-state index contributed by atoms with van der Waals surface area (Å²) in [5, 5.41) is 16.2. The van der Waals surface area contributed by atoms with E-state index in [2.05, 4.69) is 5.32 Å². The first-order valence-corrected chi connectivity index (χ1v) is 10.4. The fraction of sp³-hybridized carbons (Fsp3) is 0.100. The zero-order valence-electron chi connectivity index (χ0n) is 15.1. The minimum absolute atomic E-state index is 0.00847. The third-order valence-electron chi connectivity index (χ3n) is 4.06. The van der Waals surface area contributed by atoms with Crippen LogP contribution in [0.25, 0.3) is 0 Å². The molecule has 7 nitrogen and oxygen atoms in total. The van der Waals surface area contributed by atoms with Crippen LogP contribution >= 0.6 is 23.1 Å². The Bertz CT molecular complexity index is 1020. The van der Waals surface area contributed by atoms with E-state index in [4.69, 9.17) is 5.73 Å². The van der Waals surface area contributed by atoms with Crippen LogP contribution in [-0.4, -0.2) is 22.5 Å². The van der Waals surface area contributed by atoms with Crippen molar-refractivity contribution in [2.45, 2.75) is 10.9 Å². The Morgan fingerprint density at radius 3 is 2.52 bits per heavy atom. The lowest BCUT2D eigenvalue weighted by atomic mass is 10.1. The molecule has 2 aromatic carbocycles. The molecule has 1 heterocycles. The average Bonchev–Trinajstić information content (AvgIpc) is 3.25. The molecule has 1 aromatic heterocycles. The maximum absolute atomic E-state index is 12.6. The van der Waals surface area contributed by atoms with E-state index in [1.807, 2.05) is 47.8 Å². The second kappa shape index (κ2) is 9.35. The molecule has 3 aromatic rings. The summed E-state index contributed by atoms with van der Waals surface area (Å²) in [5.41, 5.74) is 5.92. The molecule has 0 radical (unpaired) electrons. The van der Waals surface area contributed by atoms with Gasteiger partial charge >= 0.3 is 0 Å². The molecule has 0 fully saturated rings. The number of hydrogen-bond acceptors (Lipinski definition) is 6. The van der Waals surface area contributed by atoms with Crippen LogP contribution in [0.3, 0.4) is 0 Å². The highest BCUT2D eigenvalue weighted by Gasteiger charge is 2.20. The minimum atomic E-state index is -0.746. The number of rotatable bonds is 8. The Labute approximate surface area is 175 Å². The summed E-state index contributed by atoms with van der Waals surface area (Å²) in [7, 11) is 0. The maximum Gasteiger partial charge on any atom is 0.283 e. The topological polar surface area (TPSA) is 115 Å². The van der Waals surface area contributed by atoms with Gasteiger partial charge in [-0.3, -0.25) is 19.7 Å². The van der Waals surface area contributed by atoms with E-state index in [1.54, 1.807) is 0 Å². The number of nitrogens with two attached hydrogens (primary N) is 1. The lowest BCUT2D eigenvalue weighted by Crippen LogP contribution is -2.30. The predicted octanol–water partition coefficient (Wildman–Crippen LogP) is 3.75. The Hall–Kier alpha value is -3.17. The van der Waals surface area contributed by atoms with E-state index in [-0.39, 0.29) is 29.0 Å². The molecule has 0 aliphatic carbocycles. The quantitative estimate of drug-likeness (QED) is 0.323. The monoisotopic (exact) mass is 427 g/mol. The van der Waals surface area contributed by atoms with Crippen LogP contribution in [0.15, 0.2) is 70.9 Å². The van der Waals surface area contributed by atoms with Gasteiger partial charge in [0.15, 0.2) is 0 Å². The number of nitrogens with one attached hydrogen (secondary N) is 1. The van der Waals surface area contributed by atoms with Gasteiger partial charge in [-0.05, 0) is 29.1 Å². The van der Waals surface area contributed by atoms with Gasteiger partial charge in [-0.1, -0.05) is 36.4 Å². The summed E-state index contributed by atoms with van der Waals surface area (Å²) in [6.07, 6.45) is 0. The highest BCUT2D eigenvalue weighted by Crippen LogP contribution is 2.31. The summed E-state index contributed by atoms with van der Waals surface area (Å²) < 4.78 is 0. The van der Waals surface area contributed by atoms with Gasteiger partial charge in [-0.2, -0.15) is 0 Å². The molecule has 1 unspecified atom stereocenters. The zero-order valence-corrected chi connectivity index (χ0v) is 16.7. The number of hydrogen-bond donors (Lipinski definition) is 2. The molecule has 1 atom stereocenters. The number of carbonyl (C=O) groups excluding carboxylic acids is 2. The molecule has 0 saturated carbocycles. The molecule has 0 spiro atoms. The molecule has 3 N–H and O–H groups in total. The van der Waals surface area contributed by atoms with E-state index < -0.39 is 10.8 Å². The summed E-state index contributed by atoms with van der Waals surface area (Å²) in [6.45, 7) is 0. The lowest BCUT2D eigenvalue weighted by molar-refractivity contribution is -0.387. The normalized spacial score (nSPS) is 11.6. The summed E-state index contributed by atoms with van der Waals surface area (Å²) in [5.74, 6) is -1.01. The van der Waals surface area contributed by atoms with Crippen molar-refractivity contribution in [2.24, 2.45) is 5.73 Å². The number of thioether (sulfide) groups is 1. The van der Waals surface area contributed by atoms with E-state index >= 15 is 0 Å². The van der Waals surface area contributed by atoms with Crippen molar-refractivity contribution in [2.75, 3.05) is 5.75 Å². The van der Waals surface area contributed by atoms with Gasteiger partial charge in [0.05, 0.1) is 21.6 Å². The van der Waals surface area contributed by atoms with Crippen LogP contribution in [-0.2, 0) is 4.79 Å². The molecule has 9 heteroatoms. The van der Waals surface area contributed by atoms with E-state index in [0.29, 0.717) is 4.90 Å². The third kappa shape index (κ3) is 5.21. The van der Waals surface area contributed by atoms with Gasteiger partial charge in [0.2, 0.25) is 11.8 Å². The molecular formula is C20H17N3O4S2. The SMILES string of the molecule is NC(=O)c1ccc(SCC(=O)NC(c2ccccc2)c2cccs2)c([N+](=O)[O-])c1. The Morgan fingerprint density at radius 1 is 1.14 bits per heavy atom. The lowest BCUT2D eigenvalue weighted by Gasteiger charge is -2.18. The molecule has 0 saturated heterocycles. The van der Waals surface area contributed by atoms with E-state index in [9.17, 15) is 19.7 Å². The standard InChI is InChI=1S/C20H17N3O4S2/c21-20(25)14-8-9-16(15(11-14)23(26)27)29-12-18(24)22-19(17-7-4-10-28-17)13-5-2-1-3-6-13/h1-11,19H,12H2,(H2,21,25)(H,22,24). The van der Waals surface area contributed by atoms with E-state index in [0.717, 1.165) is 28.3 Å². The number of carbonyl (C=O) groups is 2. The molecule has 0 aliphatic rings. The Balaban J connectivity index is 1.73. The van der Waals surface area contributed by atoms with Crippen LogP contribution in [0.1, 0.15) is 26.8 Å². The fourth-order valence-corrected chi connectivity index (χ4v) is 4.32. The first kappa shape index (κ1) is 20.6. The fourth-order valence-electron chi connectivity index (χ4n) is 2.70. The van der Waals surface area contributed by atoms with Crippen molar-refractivity contribution < 1.29 is 14.5 Å². The van der Waals surface area contributed by atoms with Gasteiger partial charge in [0, 0.05) is 16.5 Å². The number of nitro benzene ring substituents is 1. The predicted molar refractivity (Wildman–Crippen MR) is 113 cm³/mol. The van der Waals surface area contributed by atoms with Crippen molar-refractivity contribution in [3.63, 3.8) is 0 Å². The second-order valence-corrected chi connectivity index (χ2v) is 8.02. The van der Waals surface area contributed by atoms with Crippen molar-refractivity contribution >= 4 is 40.6 Å². The molecule has 148 valence electrons. The molecule has 29 heavy (non-hydrogen) atoms. The molecule has 0 aliphatic heterocycles. The molecule has 0 bridgehead atoms. The number of primary amides is 1. The zero-order chi connectivity index (χ0) is 20.8. The summed E-state index contributed by atoms with van der Waals surface area (Å²) >= 11 is 2.57. The average molecular weight is 428 g/mol. The van der Waals surface area contributed by atoms with Crippen molar-refractivity contribution in [3.8, 4) is 0 Å². The minimum Gasteiger partial charge on any atom is -0.366 e. The van der Waals surface area contributed by atoms with Crippen LogP contribution in [0.5, 0.6) is 0 Å². The largest absolute Gasteiger partial charge is 0.366 e. The van der Waals surface area contributed by atoms with E-state index in [1.165, 1.54) is 23.5 Å². The number of amides is 2. The summed E-state index contributed by atoms with van der Waals surface area (Å²) in [4.78, 5) is 35.8. The van der Waals surface area contributed by atoms with Gasteiger partial charge < -0.3 is 11.1 Å². The third-order valence-corrected chi connectivity index (χ3v) is 6.06. The van der Waals surface area contributed by atoms with Gasteiger partial charge in [-0.15, -0.1) is 23.1 Å². The summed E-state index contributed by atoms with van der Waals surface area (Å²) in [6, 6.07) is 17.1. The van der Waals surface area contributed by atoms with Gasteiger partial charge in [0.1, 0.15) is 0 Å². The van der Waals surface area contributed by atoms with Crippen molar-refractivity contribution in [1.82, 2.24) is 5.32 Å². The number of thiophene rings is 1. The number of nitrogens with zero attached hydrogens (tertiary/aromatic N) is 1. The second-order valence-electron chi connectivity index (χ2n) is 6.02. The van der Waals surface area contributed by atoms with Gasteiger partial charge in [0.25, 0.3) is 5.69 Å². The highest BCUT2D eigenvalue weighted by molar-refractivity contribution is 8.00. The van der Waals surface area contributed by atoms with Crippen LogP contribution in [0.4, 0.5) is 5.69 Å². The van der Waals surface area contributed by atoms with Crippen LogP contribution < -0.4 is 11.1 Å². The first-order chi connectivity index (χ1) is 14.0. The van der Waals surface area contributed by atoms with Crippen LogP contribution in [0, 0.1) is 10.1 Å². The highest BCUT2D eigenvalue weighted by atomic mass is 32.2. The molecule has 3 rings (SSSR count). The first-order valence-electron chi connectivity index (χ1n) is 8.54. The number of benzene rings is 2. The van der Waals surface area contributed by atoms with Gasteiger partial charge in [-0.25, -0.2) is 0 Å². The Kier molecular flexibility index (Phi) is 6.63. The maximum atomic E-state index is 12.6. The van der Waals surface area contributed by atoms with Crippen LogP contribution in [0.2, 0.25) is 0 Å².